The summed E-state index contributed by atoms with van der Waals surface area (Å²) in [5.74, 6) is -0.702. The topological polar surface area (TPSA) is 43.7 Å². The minimum Gasteiger partial charge on any atom is -0.340 e. The van der Waals surface area contributed by atoms with E-state index in [9.17, 15) is 0 Å². The standard InChI is InChI=1S/C23H24N2O2S3/c1-16(20-15-21(30-25-20)24-22(28-2)29-3)17-8-7-11-19(14-17)23(26-12-13-27-23)18-9-5-4-6-10-18/h4-11,14-16H,12-13H2,1-3H3. The van der Waals surface area contributed by atoms with E-state index in [4.69, 9.17) is 9.47 Å². The van der Waals surface area contributed by atoms with Crippen LogP contribution in [0.3, 0.4) is 0 Å². The number of aromatic nitrogens is 1. The van der Waals surface area contributed by atoms with Gasteiger partial charge in [0.05, 0.1) is 18.9 Å². The van der Waals surface area contributed by atoms with Gasteiger partial charge in [-0.15, -0.1) is 23.5 Å². The van der Waals surface area contributed by atoms with Gasteiger partial charge >= 0.3 is 0 Å². The van der Waals surface area contributed by atoms with E-state index in [1.165, 1.54) is 17.1 Å². The fraction of sp³-hybridized carbons (Fsp3) is 0.304. The molecule has 2 aromatic carbocycles. The summed E-state index contributed by atoms with van der Waals surface area (Å²) in [6.45, 7) is 3.34. The first-order valence-electron chi connectivity index (χ1n) is 9.73. The molecule has 0 spiro atoms. The molecule has 3 aromatic rings. The monoisotopic (exact) mass is 456 g/mol. The van der Waals surface area contributed by atoms with Crippen LogP contribution in [0, 0.1) is 0 Å². The van der Waals surface area contributed by atoms with Crippen LogP contribution < -0.4 is 0 Å². The quantitative estimate of drug-likeness (QED) is 0.335. The molecule has 1 atom stereocenters. The van der Waals surface area contributed by atoms with E-state index in [2.05, 4.69) is 58.8 Å². The number of rotatable bonds is 5. The molecule has 0 radical (unpaired) electrons. The average Bonchev–Trinajstić information content (AvgIpc) is 3.48. The lowest BCUT2D eigenvalue weighted by Gasteiger charge is -2.29. The number of hydrogen-bond donors (Lipinski definition) is 0. The van der Waals surface area contributed by atoms with E-state index >= 15 is 0 Å². The molecule has 1 aliphatic heterocycles. The van der Waals surface area contributed by atoms with Crippen molar-refractivity contribution in [2.75, 3.05) is 25.7 Å². The molecule has 0 bridgehead atoms. The maximum absolute atomic E-state index is 6.17. The van der Waals surface area contributed by atoms with Gasteiger partial charge in [-0.3, -0.25) is 0 Å². The molecule has 0 amide bonds. The Labute approximate surface area is 190 Å². The van der Waals surface area contributed by atoms with Gasteiger partial charge in [-0.2, -0.15) is 4.37 Å². The molecular formula is C23H24N2O2S3. The normalized spacial score (nSPS) is 16.4. The fourth-order valence-electron chi connectivity index (χ4n) is 3.55. The second-order valence-electron chi connectivity index (χ2n) is 6.90. The van der Waals surface area contributed by atoms with Crippen molar-refractivity contribution in [3.8, 4) is 0 Å². The molecule has 0 aliphatic carbocycles. The van der Waals surface area contributed by atoms with Crippen LogP contribution in [-0.2, 0) is 15.3 Å². The SMILES string of the molecule is CSC(=Nc1cc(C(C)c2cccc(C3(c4ccccc4)OCCO3)c2)ns1)SC. The zero-order valence-corrected chi connectivity index (χ0v) is 19.7. The Morgan fingerprint density at radius 3 is 2.40 bits per heavy atom. The number of nitrogens with zero attached hydrogens (tertiary/aromatic N) is 2. The lowest BCUT2D eigenvalue weighted by Crippen LogP contribution is -2.28. The predicted octanol–water partition coefficient (Wildman–Crippen LogP) is 6.26. The second kappa shape index (κ2) is 9.66. The first-order chi connectivity index (χ1) is 14.7. The molecule has 1 fully saturated rings. The third-order valence-corrected chi connectivity index (χ3v) is 7.70. The summed E-state index contributed by atoms with van der Waals surface area (Å²) in [6, 6.07) is 20.7. The molecule has 7 heteroatoms. The van der Waals surface area contributed by atoms with Crippen LogP contribution in [0.4, 0.5) is 5.00 Å². The van der Waals surface area contributed by atoms with E-state index in [0.717, 1.165) is 26.2 Å². The van der Waals surface area contributed by atoms with Crippen molar-refractivity contribution in [3.05, 3.63) is 83.0 Å². The number of aliphatic imine (C=N–C) groups is 1. The van der Waals surface area contributed by atoms with Gasteiger partial charge in [-0.25, -0.2) is 4.99 Å². The first-order valence-corrected chi connectivity index (χ1v) is 13.0. The lowest BCUT2D eigenvalue weighted by molar-refractivity contribution is -0.129. The number of hydrogen-bond acceptors (Lipinski definition) is 7. The van der Waals surface area contributed by atoms with E-state index in [0.29, 0.717) is 13.2 Å². The highest BCUT2D eigenvalue weighted by molar-refractivity contribution is 8.38. The number of thioether (sulfide) groups is 2. The van der Waals surface area contributed by atoms with Crippen LogP contribution in [0.25, 0.3) is 0 Å². The highest BCUT2D eigenvalue weighted by atomic mass is 32.2. The molecule has 4 rings (SSSR count). The van der Waals surface area contributed by atoms with Crippen molar-refractivity contribution in [1.29, 1.82) is 0 Å². The Balaban J connectivity index is 1.65. The van der Waals surface area contributed by atoms with E-state index in [-0.39, 0.29) is 5.92 Å². The fourth-order valence-corrected chi connectivity index (χ4v) is 5.43. The third-order valence-electron chi connectivity index (χ3n) is 5.12. The molecule has 1 saturated heterocycles. The molecule has 2 heterocycles. The van der Waals surface area contributed by atoms with Gasteiger partial charge in [-0.1, -0.05) is 55.5 Å². The largest absolute Gasteiger partial charge is 0.340 e. The minimum absolute atomic E-state index is 0.145. The van der Waals surface area contributed by atoms with Crippen LogP contribution in [0.1, 0.15) is 35.2 Å². The summed E-state index contributed by atoms with van der Waals surface area (Å²) < 4.78 is 18.0. The lowest BCUT2D eigenvalue weighted by atomic mass is 9.91. The number of ether oxygens (including phenoxy) is 2. The molecule has 4 nitrogen and oxygen atoms in total. The Bertz CT molecular complexity index is 1010. The summed E-state index contributed by atoms with van der Waals surface area (Å²) >= 11 is 4.76. The van der Waals surface area contributed by atoms with Gasteiger partial charge in [0.25, 0.3) is 0 Å². The number of benzene rings is 2. The van der Waals surface area contributed by atoms with Gasteiger partial charge in [0, 0.05) is 17.0 Å². The molecule has 0 N–H and O–H groups in total. The Morgan fingerprint density at radius 1 is 1.00 bits per heavy atom. The van der Waals surface area contributed by atoms with Crippen molar-refractivity contribution in [2.45, 2.75) is 18.6 Å². The van der Waals surface area contributed by atoms with Gasteiger partial charge < -0.3 is 9.47 Å². The molecule has 1 unspecified atom stereocenters. The molecule has 1 aliphatic rings. The van der Waals surface area contributed by atoms with Crippen LogP contribution in [0.2, 0.25) is 0 Å². The van der Waals surface area contributed by atoms with Crippen LogP contribution in [0.5, 0.6) is 0 Å². The summed E-state index contributed by atoms with van der Waals surface area (Å²) in [5.41, 5.74) is 4.23. The first kappa shape index (κ1) is 21.6. The van der Waals surface area contributed by atoms with Crippen LogP contribution in [-0.4, -0.2) is 34.5 Å². The predicted molar refractivity (Wildman–Crippen MR) is 129 cm³/mol. The smallest absolute Gasteiger partial charge is 0.222 e. The van der Waals surface area contributed by atoms with Crippen molar-refractivity contribution >= 4 is 44.4 Å². The summed E-state index contributed by atoms with van der Waals surface area (Å²) in [7, 11) is 0. The van der Waals surface area contributed by atoms with Crippen LogP contribution >= 0.6 is 35.1 Å². The summed E-state index contributed by atoms with van der Waals surface area (Å²) in [6.07, 6.45) is 4.09. The Morgan fingerprint density at radius 2 is 1.70 bits per heavy atom. The van der Waals surface area contributed by atoms with Crippen LogP contribution in [0.15, 0.2) is 65.7 Å². The van der Waals surface area contributed by atoms with Gasteiger partial charge in [-0.05, 0) is 41.7 Å². The zero-order valence-electron chi connectivity index (χ0n) is 17.2. The maximum Gasteiger partial charge on any atom is 0.222 e. The zero-order chi connectivity index (χ0) is 21.0. The Hall–Kier alpha value is -1.64. The summed E-state index contributed by atoms with van der Waals surface area (Å²) in [4.78, 5) is 4.68. The Kier molecular flexibility index (Phi) is 6.95. The maximum atomic E-state index is 6.17. The van der Waals surface area contributed by atoms with E-state index < -0.39 is 5.79 Å². The van der Waals surface area contributed by atoms with Crippen molar-refractivity contribution in [2.24, 2.45) is 4.99 Å². The van der Waals surface area contributed by atoms with Crippen molar-refractivity contribution < 1.29 is 9.47 Å². The average molecular weight is 457 g/mol. The molecule has 156 valence electrons. The molecule has 30 heavy (non-hydrogen) atoms. The highest BCUT2D eigenvalue weighted by Crippen LogP contribution is 2.40. The summed E-state index contributed by atoms with van der Waals surface area (Å²) in [5, 5.41) is 0.940. The third kappa shape index (κ3) is 4.36. The van der Waals surface area contributed by atoms with Gasteiger partial charge in [0.15, 0.2) is 0 Å². The van der Waals surface area contributed by atoms with E-state index in [1.54, 1.807) is 23.5 Å². The molecule has 1 aromatic heterocycles. The van der Waals surface area contributed by atoms with Gasteiger partial charge in [0.2, 0.25) is 5.79 Å². The van der Waals surface area contributed by atoms with Gasteiger partial charge in [0.1, 0.15) is 9.38 Å². The minimum atomic E-state index is -0.847. The molecule has 0 saturated carbocycles. The van der Waals surface area contributed by atoms with Crippen molar-refractivity contribution in [1.82, 2.24) is 4.37 Å². The molecular weight excluding hydrogens is 432 g/mol. The second-order valence-corrected chi connectivity index (χ2v) is 9.53. The van der Waals surface area contributed by atoms with Crippen molar-refractivity contribution in [3.63, 3.8) is 0 Å². The highest BCUT2D eigenvalue weighted by Gasteiger charge is 2.40. The van der Waals surface area contributed by atoms with E-state index in [1.807, 2.05) is 30.7 Å².